The lowest BCUT2D eigenvalue weighted by Gasteiger charge is -2.10. The number of aryl methyl sites for hydroxylation is 2. The lowest BCUT2D eigenvalue weighted by molar-refractivity contribution is -0.141. The number of nitrogens with one attached hydrogen (secondary N) is 1. The normalized spacial score (nSPS) is 12.5. The Bertz CT molecular complexity index is 1300. The van der Waals surface area contributed by atoms with Crippen LogP contribution in [0.4, 0.5) is 13.2 Å². The van der Waals surface area contributed by atoms with Gasteiger partial charge in [0.15, 0.2) is 5.69 Å². The summed E-state index contributed by atoms with van der Waals surface area (Å²) in [5.41, 5.74) is 6.53. The summed E-state index contributed by atoms with van der Waals surface area (Å²) in [5, 5.41) is 14.4. The number of carbonyl (C=O) groups is 1. The van der Waals surface area contributed by atoms with Gasteiger partial charge in [0, 0.05) is 19.0 Å². The molecular formula is C24H23F3N6O2. The molecule has 1 amide bonds. The second-order valence-electron chi connectivity index (χ2n) is 7.99. The SMILES string of the molecule is C[C@H](N)C(=O)NCc1cccc(-n2nc(C(F)(F)F)cc2-c2nnc(CCc3ccccc3)o2)c1. The third-order valence-corrected chi connectivity index (χ3v) is 5.19. The number of nitrogens with two attached hydrogens (primary N) is 1. The highest BCUT2D eigenvalue weighted by molar-refractivity contribution is 5.80. The molecule has 0 spiro atoms. The first-order valence-corrected chi connectivity index (χ1v) is 10.9. The van der Waals surface area contributed by atoms with Gasteiger partial charge in [-0.3, -0.25) is 4.79 Å². The Morgan fingerprint density at radius 3 is 2.51 bits per heavy atom. The van der Waals surface area contributed by atoms with Crippen LogP contribution in [0.5, 0.6) is 0 Å². The van der Waals surface area contributed by atoms with Crippen LogP contribution in [-0.2, 0) is 30.4 Å². The van der Waals surface area contributed by atoms with Gasteiger partial charge in [-0.2, -0.15) is 18.3 Å². The number of carbonyl (C=O) groups excluding carboxylic acids is 1. The predicted molar refractivity (Wildman–Crippen MR) is 121 cm³/mol. The molecule has 2 aromatic carbocycles. The molecule has 182 valence electrons. The Labute approximate surface area is 199 Å². The van der Waals surface area contributed by atoms with Crippen molar-refractivity contribution in [2.45, 2.75) is 38.5 Å². The molecule has 4 aromatic rings. The Hall–Kier alpha value is -3.99. The smallest absolute Gasteiger partial charge is 0.419 e. The summed E-state index contributed by atoms with van der Waals surface area (Å²) in [7, 11) is 0. The molecule has 4 rings (SSSR count). The maximum Gasteiger partial charge on any atom is 0.435 e. The summed E-state index contributed by atoms with van der Waals surface area (Å²) in [6, 6.07) is 16.5. The number of alkyl halides is 3. The number of halogens is 3. The summed E-state index contributed by atoms with van der Waals surface area (Å²) >= 11 is 0. The van der Waals surface area contributed by atoms with Crippen molar-refractivity contribution in [2.75, 3.05) is 0 Å². The average molecular weight is 484 g/mol. The maximum absolute atomic E-state index is 13.5. The highest BCUT2D eigenvalue weighted by Gasteiger charge is 2.36. The number of hydrogen-bond donors (Lipinski definition) is 2. The highest BCUT2D eigenvalue weighted by Crippen LogP contribution is 2.33. The Morgan fingerprint density at radius 1 is 1.06 bits per heavy atom. The first-order valence-electron chi connectivity index (χ1n) is 10.9. The number of aromatic nitrogens is 4. The van der Waals surface area contributed by atoms with E-state index in [1.807, 2.05) is 30.3 Å². The van der Waals surface area contributed by atoms with Crippen molar-refractivity contribution in [2.24, 2.45) is 5.73 Å². The molecule has 0 saturated carbocycles. The fraction of sp³-hybridized carbons (Fsp3) is 0.250. The first-order chi connectivity index (χ1) is 16.7. The summed E-state index contributed by atoms with van der Waals surface area (Å²) in [5.74, 6) is -0.118. The van der Waals surface area contributed by atoms with Crippen LogP contribution >= 0.6 is 0 Å². The quantitative estimate of drug-likeness (QED) is 0.395. The average Bonchev–Trinajstić information content (AvgIpc) is 3.49. The van der Waals surface area contributed by atoms with E-state index in [2.05, 4.69) is 20.6 Å². The molecule has 0 radical (unpaired) electrons. The minimum atomic E-state index is -4.67. The van der Waals surface area contributed by atoms with E-state index < -0.39 is 17.9 Å². The molecule has 8 nitrogen and oxygen atoms in total. The van der Waals surface area contributed by atoms with Gasteiger partial charge in [-0.15, -0.1) is 10.2 Å². The fourth-order valence-corrected chi connectivity index (χ4v) is 3.37. The molecule has 0 aliphatic rings. The largest absolute Gasteiger partial charge is 0.435 e. The third-order valence-electron chi connectivity index (χ3n) is 5.19. The van der Waals surface area contributed by atoms with E-state index in [1.165, 1.54) is 0 Å². The van der Waals surface area contributed by atoms with Crippen molar-refractivity contribution >= 4 is 5.91 Å². The van der Waals surface area contributed by atoms with Gasteiger partial charge in [-0.25, -0.2) is 4.68 Å². The summed E-state index contributed by atoms with van der Waals surface area (Å²) in [6.45, 7) is 1.71. The van der Waals surface area contributed by atoms with Gasteiger partial charge in [0.1, 0.15) is 5.69 Å². The molecule has 1 atom stereocenters. The maximum atomic E-state index is 13.5. The van der Waals surface area contributed by atoms with Crippen LogP contribution < -0.4 is 11.1 Å². The van der Waals surface area contributed by atoms with Gasteiger partial charge in [0.25, 0.3) is 5.89 Å². The second kappa shape index (κ2) is 10.1. The summed E-state index contributed by atoms with van der Waals surface area (Å²) in [4.78, 5) is 11.8. The zero-order valence-corrected chi connectivity index (χ0v) is 18.8. The van der Waals surface area contributed by atoms with Gasteiger partial charge in [-0.05, 0) is 36.6 Å². The monoisotopic (exact) mass is 484 g/mol. The first kappa shape index (κ1) is 24.1. The van der Waals surface area contributed by atoms with Crippen molar-refractivity contribution in [1.82, 2.24) is 25.3 Å². The fourth-order valence-electron chi connectivity index (χ4n) is 3.37. The van der Waals surface area contributed by atoms with Crippen LogP contribution in [0.3, 0.4) is 0 Å². The molecule has 0 saturated heterocycles. The lowest BCUT2D eigenvalue weighted by atomic mass is 10.1. The number of benzene rings is 2. The standard InChI is InChI=1S/C24H23F3N6O2/c1-15(28)22(34)29-14-17-8-5-9-18(12-17)33-19(13-20(32-33)24(25,26)27)23-31-30-21(35-23)11-10-16-6-3-2-4-7-16/h2-9,12-13,15H,10-11,14,28H2,1H3,(H,29,34)/t15-/m0/s1. The van der Waals surface area contributed by atoms with Crippen molar-refractivity contribution in [3.05, 3.63) is 83.4 Å². The van der Waals surface area contributed by atoms with Crippen molar-refractivity contribution in [3.8, 4) is 17.3 Å². The van der Waals surface area contributed by atoms with E-state index in [-0.39, 0.29) is 24.0 Å². The molecule has 0 aliphatic heterocycles. The van der Waals surface area contributed by atoms with Gasteiger partial charge < -0.3 is 15.5 Å². The Kier molecular flexibility index (Phi) is 6.97. The third kappa shape index (κ3) is 5.93. The van der Waals surface area contributed by atoms with E-state index in [0.717, 1.165) is 16.3 Å². The Morgan fingerprint density at radius 2 is 1.80 bits per heavy atom. The van der Waals surface area contributed by atoms with Crippen LogP contribution in [-0.4, -0.2) is 31.9 Å². The summed E-state index contributed by atoms with van der Waals surface area (Å²) < 4.78 is 47.3. The lowest BCUT2D eigenvalue weighted by Crippen LogP contribution is -2.37. The molecule has 11 heteroatoms. The second-order valence-corrected chi connectivity index (χ2v) is 7.99. The van der Waals surface area contributed by atoms with E-state index in [1.54, 1.807) is 31.2 Å². The molecule has 3 N–H and O–H groups in total. The zero-order chi connectivity index (χ0) is 25.0. The van der Waals surface area contributed by atoms with E-state index >= 15 is 0 Å². The molecule has 2 aromatic heterocycles. The van der Waals surface area contributed by atoms with Crippen LogP contribution in [0, 0.1) is 0 Å². The van der Waals surface area contributed by atoms with E-state index in [0.29, 0.717) is 30.0 Å². The molecule has 0 bridgehead atoms. The van der Waals surface area contributed by atoms with Gasteiger partial charge in [0.05, 0.1) is 11.7 Å². The minimum absolute atomic E-state index is 0.00699. The molecule has 0 fully saturated rings. The number of amides is 1. The molecule has 35 heavy (non-hydrogen) atoms. The summed E-state index contributed by atoms with van der Waals surface area (Å²) in [6.07, 6.45) is -3.59. The van der Waals surface area contributed by atoms with Crippen LogP contribution in [0.15, 0.2) is 65.1 Å². The molecule has 0 unspecified atom stereocenters. The highest BCUT2D eigenvalue weighted by atomic mass is 19.4. The molecule has 2 heterocycles. The molecular weight excluding hydrogens is 461 g/mol. The van der Waals surface area contributed by atoms with E-state index in [4.69, 9.17) is 10.2 Å². The zero-order valence-electron chi connectivity index (χ0n) is 18.8. The van der Waals surface area contributed by atoms with Gasteiger partial charge in [-0.1, -0.05) is 42.5 Å². The Balaban J connectivity index is 1.62. The van der Waals surface area contributed by atoms with Crippen LogP contribution in [0.1, 0.15) is 29.6 Å². The van der Waals surface area contributed by atoms with Crippen molar-refractivity contribution in [1.29, 1.82) is 0 Å². The van der Waals surface area contributed by atoms with Crippen molar-refractivity contribution < 1.29 is 22.4 Å². The van der Waals surface area contributed by atoms with Gasteiger partial charge >= 0.3 is 6.18 Å². The number of nitrogens with zero attached hydrogens (tertiary/aromatic N) is 4. The van der Waals surface area contributed by atoms with Crippen LogP contribution in [0.2, 0.25) is 0 Å². The van der Waals surface area contributed by atoms with Crippen LogP contribution in [0.25, 0.3) is 17.3 Å². The predicted octanol–water partition coefficient (Wildman–Crippen LogP) is 3.69. The minimum Gasteiger partial charge on any atom is -0.419 e. The number of hydrogen-bond acceptors (Lipinski definition) is 6. The van der Waals surface area contributed by atoms with Crippen molar-refractivity contribution in [3.63, 3.8) is 0 Å². The molecule has 0 aliphatic carbocycles. The number of rotatable bonds is 8. The van der Waals surface area contributed by atoms with Gasteiger partial charge in [0.2, 0.25) is 11.8 Å². The van der Waals surface area contributed by atoms with E-state index in [9.17, 15) is 18.0 Å². The topological polar surface area (TPSA) is 112 Å².